The van der Waals surface area contributed by atoms with Gasteiger partial charge in [0.2, 0.25) is 0 Å². The molecule has 2 aliphatic rings. The standard InChI is InChI=1S/C14H20F2N2O3/c15-13(16)10-11(9-1-2-9)17-18(12(10)14(19)20)7-8-3-5-21-6-4-8/h8-9,13-14,19-20H,1-7H2. The minimum atomic E-state index is -2.74. The first-order valence-corrected chi connectivity index (χ1v) is 7.40. The van der Waals surface area contributed by atoms with Crippen LogP contribution in [0.3, 0.4) is 0 Å². The average Bonchev–Trinajstić information content (AvgIpc) is 3.21. The third kappa shape index (κ3) is 3.09. The van der Waals surface area contributed by atoms with Crippen molar-refractivity contribution in [3.63, 3.8) is 0 Å². The van der Waals surface area contributed by atoms with Crippen molar-refractivity contribution in [2.45, 2.75) is 50.9 Å². The predicted molar refractivity (Wildman–Crippen MR) is 69.9 cm³/mol. The minimum Gasteiger partial charge on any atom is -0.381 e. The number of aliphatic hydroxyl groups is 2. The Hall–Kier alpha value is -1.05. The van der Waals surface area contributed by atoms with Gasteiger partial charge in [-0.3, -0.25) is 4.68 Å². The molecule has 0 aromatic carbocycles. The number of rotatable bonds is 5. The summed E-state index contributed by atoms with van der Waals surface area (Å²) >= 11 is 0. The molecule has 2 heterocycles. The normalized spacial score (nSPS) is 20.7. The van der Waals surface area contributed by atoms with E-state index in [1.165, 1.54) is 4.68 Å². The molecule has 2 N–H and O–H groups in total. The second-order valence-corrected chi connectivity index (χ2v) is 5.87. The molecule has 7 heteroatoms. The summed E-state index contributed by atoms with van der Waals surface area (Å²) in [4.78, 5) is 0. The van der Waals surface area contributed by atoms with Gasteiger partial charge in [-0.1, -0.05) is 0 Å². The van der Waals surface area contributed by atoms with Crippen molar-refractivity contribution in [3.05, 3.63) is 17.0 Å². The zero-order chi connectivity index (χ0) is 15.0. The lowest BCUT2D eigenvalue weighted by atomic mass is 10.0. The van der Waals surface area contributed by atoms with Crippen molar-refractivity contribution >= 4 is 0 Å². The van der Waals surface area contributed by atoms with Gasteiger partial charge < -0.3 is 14.9 Å². The van der Waals surface area contributed by atoms with Gasteiger partial charge in [-0.05, 0) is 31.6 Å². The van der Waals surface area contributed by atoms with E-state index in [0.29, 0.717) is 25.5 Å². The maximum absolute atomic E-state index is 13.3. The Morgan fingerprint density at radius 1 is 1.19 bits per heavy atom. The molecule has 0 unspecified atom stereocenters. The van der Waals surface area contributed by atoms with Gasteiger partial charge >= 0.3 is 0 Å². The van der Waals surface area contributed by atoms with Crippen LogP contribution in [-0.4, -0.2) is 33.2 Å². The van der Waals surface area contributed by atoms with E-state index < -0.39 is 12.7 Å². The van der Waals surface area contributed by atoms with E-state index in [2.05, 4.69) is 5.10 Å². The maximum atomic E-state index is 13.3. The Morgan fingerprint density at radius 3 is 2.38 bits per heavy atom. The van der Waals surface area contributed by atoms with Gasteiger partial charge in [0.1, 0.15) is 5.69 Å². The van der Waals surface area contributed by atoms with Gasteiger partial charge in [0.25, 0.3) is 6.43 Å². The molecular weight excluding hydrogens is 282 g/mol. The highest BCUT2D eigenvalue weighted by Gasteiger charge is 2.37. The van der Waals surface area contributed by atoms with Crippen molar-refractivity contribution in [2.24, 2.45) is 5.92 Å². The number of halogens is 2. The fraction of sp³-hybridized carbons (Fsp3) is 0.786. The highest BCUT2D eigenvalue weighted by molar-refractivity contribution is 5.33. The number of ether oxygens (including phenoxy) is 1. The van der Waals surface area contributed by atoms with Gasteiger partial charge in [0.15, 0.2) is 6.29 Å². The van der Waals surface area contributed by atoms with Crippen LogP contribution >= 0.6 is 0 Å². The molecule has 3 rings (SSSR count). The highest BCUT2D eigenvalue weighted by atomic mass is 19.3. The summed E-state index contributed by atoms with van der Waals surface area (Å²) < 4.78 is 33.3. The quantitative estimate of drug-likeness (QED) is 0.818. The van der Waals surface area contributed by atoms with Crippen LogP contribution in [0.25, 0.3) is 0 Å². The van der Waals surface area contributed by atoms with Crippen LogP contribution < -0.4 is 0 Å². The van der Waals surface area contributed by atoms with Gasteiger partial charge in [-0.15, -0.1) is 0 Å². The van der Waals surface area contributed by atoms with E-state index in [-0.39, 0.29) is 23.1 Å². The van der Waals surface area contributed by atoms with E-state index >= 15 is 0 Å². The van der Waals surface area contributed by atoms with Crippen LogP contribution in [0.1, 0.15) is 61.3 Å². The molecule has 1 aliphatic heterocycles. The summed E-state index contributed by atoms with van der Waals surface area (Å²) in [5, 5.41) is 23.3. The zero-order valence-corrected chi connectivity index (χ0v) is 11.7. The lowest BCUT2D eigenvalue weighted by molar-refractivity contribution is -0.0526. The second-order valence-electron chi connectivity index (χ2n) is 5.87. The Bertz CT molecular complexity index is 495. The number of aliphatic hydroxyl groups excluding tert-OH is 1. The van der Waals surface area contributed by atoms with Crippen LogP contribution in [0.5, 0.6) is 0 Å². The van der Waals surface area contributed by atoms with Crippen molar-refractivity contribution in [3.8, 4) is 0 Å². The molecular formula is C14H20F2N2O3. The van der Waals surface area contributed by atoms with Gasteiger partial charge in [0, 0.05) is 25.7 Å². The van der Waals surface area contributed by atoms with Gasteiger partial charge in [0.05, 0.1) is 11.3 Å². The van der Waals surface area contributed by atoms with Crippen LogP contribution in [0, 0.1) is 5.92 Å². The second kappa shape index (κ2) is 5.98. The van der Waals surface area contributed by atoms with Gasteiger partial charge in [-0.2, -0.15) is 5.10 Å². The lowest BCUT2D eigenvalue weighted by Crippen LogP contribution is -2.23. The van der Waals surface area contributed by atoms with Crippen molar-refractivity contribution in [2.75, 3.05) is 13.2 Å². The molecule has 0 bridgehead atoms. The summed E-state index contributed by atoms with van der Waals surface area (Å²) in [6, 6.07) is 0. The molecule has 0 atom stereocenters. The van der Waals surface area contributed by atoms with Crippen LogP contribution in [-0.2, 0) is 11.3 Å². The third-order valence-corrected chi connectivity index (χ3v) is 4.26. The van der Waals surface area contributed by atoms with Crippen molar-refractivity contribution in [1.29, 1.82) is 0 Å². The summed E-state index contributed by atoms with van der Waals surface area (Å²) in [5.41, 5.74) is -0.0712. The molecule has 1 aromatic rings. The van der Waals surface area contributed by atoms with E-state index in [4.69, 9.17) is 4.74 Å². The Morgan fingerprint density at radius 2 is 1.86 bits per heavy atom. The molecule has 2 fully saturated rings. The van der Waals surface area contributed by atoms with Gasteiger partial charge in [-0.25, -0.2) is 8.78 Å². The summed E-state index contributed by atoms with van der Waals surface area (Å²) in [5.74, 6) is 0.316. The lowest BCUT2D eigenvalue weighted by Gasteiger charge is -2.23. The molecule has 1 aromatic heterocycles. The summed E-state index contributed by atoms with van der Waals surface area (Å²) in [6.45, 7) is 1.74. The number of aromatic nitrogens is 2. The summed E-state index contributed by atoms with van der Waals surface area (Å²) in [7, 11) is 0. The first kappa shape index (κ1) is 14.9. The maximum Gasteiger partial charge on any atom is 0.267 e. The van der Waals surface area contributed by atoms with Crippen molar-refractivity contribution in [1.82, 2.24) is 9.78 Å². The fourth-order valence-electron chi connectivity index (χ4n) is 2.98. The van der Waals surface area contributed by atoms with E-state index in [0.717, 1.165) is 25.7 Å². The first-order chi connectivity index (χ1) is 10.1. The Balaban J connectivity index is 1.92. The molecule has 21 heavy (non-hydrogen) atoms. The molecule has 5 nitrogen and oxygen atoms in total. The van der Waals surface area contributed by atoms with Crippen LogP contribution in [0.4, 0.5) is 8.78 Å². The molecule has 1 saturated carbocycles. The molecule has 0 spiro atoms. The average molecular weight is 302 g/mol. The zero-order valence-electron chi connectivity index (χ0n) is 11.7. The number of nitrogens with zero attached hydrogens (tertiary/aromatic N) is 2. The molecule has 118 valence electrons. The molecule has 1 aliphatic carbocycles. The number of hydrogen-bond donors (Lipinski definition) is 2. The topological polar surface area (TPSA) is 67.5 Å². The fourth-order valence-corrected chi connectivity index (χ4v) is 2.98. The van der Waals surface area contributed by atoms with Crippen LogP contribution in [0.15, 0.2) is 0 Å². The monoisotopic (exact) mass is 302 g/mol. The largest absolute Gasteiger partial charge is 0.381 e. The molecule has 0 amide bonds. The smallest absolute Gasteiger partial charge is 0.267 e. The summed E-state index contributed by atoms with van der Waals surface area (Å²) in [6.07, 6.45) is -1.30. The Kier molecular flexibility index (Phi) is 4.24. The highest BCUT2D eigenvalue weighted by Crippen LogP contribution is 2.45. The van der Waals surface area contributed by atoms with Crippen molar-refractivity contribution < 1.29 is 23.7 Å². The predicted octanol–water partition coefficient (Wildman–Crippen LogP) is 2.11. The van der Waals surface area contributed by atoms with E-state index in [1.54, 1.807) is 0 Å². The minimum absolute atomic E-state index is 0.0439. The molecule has 1 saturated heterocycles. The Labute approximate surface area is 121 Å². The van der Waals surface area contributed by atoms with Crippen LogP contribution in [0.2, 0.25) is 0 Å². The number of alkyl halides is 2. The molecule has 0 radical (unpaired) electrons. The first-order valence-electron chi connectivity index (χ1n) is 7.40. The van der Waals surface area contributed by atoms with E-state index in [1.807, 2.05) is 0 Å². The third-order valence-electron chi connectivity index (χ3n) is 4.26. The SMILES string of the molecule is OC(O)c1c(C(F)F)c(C2CC2)nn1CC1CCOCC1. The van der Waals surface area contributed by atoms with E-state index in [9.17, 15) is 19.0 Å². The number of hydrogen-bond acceptors (Lipinski definition) is 4.